The van der Waals surface area contributed by atoms with Gasteiger partial charge in [-0.2, -0.15) is 13.5 Å². The number of thiazole rings is 1. The number of fused-ring (bicyclic) bond motifs is 4. The van der Waals surface area contributed by atoms with E-state index in [1.165, 1.54) is 22.3 Å². The molecule has 30 heteroatoms. The van der Waals surface area contributed by atoms with E-state index in [4.69, 9.17) is 30.3 Å². The number of rotatable bonds is 37. The molecule has 6 unspecified atom stereocenters. The fraction of sp³-hybridized carbons (Fsp3) is 0.526. The summed E-state index contributed by atoms with van der Waals surface area (Å²) in [6, 6.07) is 19.2. The van der Waals surface area contributed by atoms with Crippen LogP contribution in [0, 0.1) is 34.5 Å². The number of pyridine rings is 1. The largest absolute Gasteiger partial charge is 0.476 e. The highest BCUT2D eigenvalue weighted by atomic mass is 32.2. The number of urea groups is 1. The maximum Gasteiger partial charge on any atom is 0.409 e. The number of nitrogens with zero attached hydrogens (tertiary/aromatic N) is 6. The van der Waals surface area contributed by atoms with Gasteiger partial charge in [-0.3, -0.25) is 38.5 Å². The number of primary amides is 1. The Labute approximate surface area is 634 Å². The van der Waals surface area contributed by atoms with Crippen molar-refractivity contribution in [1.82, 2.24) is 51.2 Å². The lowest BCUT2D eigenvalue weighted by molar-refractivity contribution is -0.158. The molecule has 108 heavy (non-hydrogen) atoms. The van der Waals surface area contributed by atoms with Gasteiger partial charge in [0.15, 0.2) is 10.8 Å². The molecule has 28 nitrogen and oxygen atoms in total. The number of hydrogen-bond acceptors (Lipinski definition) is 18. The van der Waals surface area contributed by atoms with E-state index in [0.29, 0.717) is 123 Å². The minimum absolute atomic E-state index is 0.0760. The van der Waals surface area contributed by atoms with Crippen molar-refractivity contribution in [2.45, 2.75) is 175 Å². The molecule has 0 radical (unpaired) electrons. The zero-order chi connectivity index (χ0) is 77.3. The molecule has 3 bridgehead atoms. The Morgan fingerprint density at radius 1 is 0.815 bits per heavy atom. The summed E-state index contributed by atoms with van der Waals surface area (Å²) in [7, 11) is -2.43. The van der Waals surface area contributed by atoms with Crippen LogP contribution < -0.4 is 47.9 Å². The molecular formula is C78H102N14O14S2. The summed E-state index contributed by atoms with van der Waals surface area (Å²) in [5.74, 6) is -3.37. The number of nitrogens with two attached hydrogens (primary N) is 1. The number of anilines is 3. The number of carbonyl (C=O) groups excluding carboxylic acids is 7. The lowest BCUT2D eigenvalue weighted by Crippen LogP contribution is -2.57. The highest BCUT2D eigenvalue weighted by Gasteiger charge is 2.84. The average Bonchev–Trinajstić information content (AvgIpc) is 1.46. The van der Waals surface area contributed by atoms with Crippen LogP contribution in [-0.4, -0.2) is 167 Å². The maximum absolute atomic E-state index is 14.7. The topological polar surface area (TPSA) is 390 Å². The number of aromatic carboxylic acids is 1. The van der Waals surface area contributed by atoms with Gasteiger partial charge in [0.25, 0.3) is 16.0 Å². The van der Waals surface area contributed by atoms with Gasteiger partial charge < -0.3 is 62.0 Å². The maximum atomic E-state index is 14.7. The van der Waals surface area contributed by atoms with Crippen molar-refractivity contribution >= 4 is 95.9 Å². The summed E-state index contributed by atoms with van der Waals surface area (Å²) in [5.41, 5.74) is 11.9. The van der Waals surface area contributed by atoms with E-state index in [2.05, 4.69) is 57.1 Å². The predicted octanol–water partition coefficient (Wildman–Crippen LogP) is 9.46. The number of ether oxygens (including phenoxy) is 2. The van der Waals surface area contributed by atoms with Crippen LogP contribution in [-0.2, 0) is 71.3 Å². The second kappa shape index (κ2) is 33.6. The normalized spacial score (nSPS) is 21.5. The number of para-hydroxylation sites is 1. The molecule has 4 aliphatic carbocycles. The number of hydrogen-bond donors (Lipinski definition) is 10. The number of unbranched alkanes of at least 4 members (excludes halogenated alkanes) is 2. The molecule has 1 aliphatic heterocycles. The molecule has 580 valence electrons. The third-order valence-electron chi connectivity index (χ3n) is 22.7. The third kappa shape index (κ3) is 18.5. The van der Waals surface area contributed by atoms with Crippen LogP contribution in [0.2, 0.25) is 0 Å². The van der Waals surface area contributed by atoms with E-state index in [0.717, 1.165) is 71.1 Å². The number of carboxylic acid groups (broad SMARTS) is 1. The Morgan fingerprint density at radius 2 is 1.58 bits per heavy atom. The summed E-state index contributed by atoms with van der Waals surface area (Å²) in [4.78, 5) is 118. The number of aromatic nitrogens is 4. The highest BCUT2D eigenvalue weighted by Crippen LogP contribution is 2.89. The van der Waals surface area contributed by atoms with E-state index in [1.807, 2.05) is 59.0 Å². The Morgan fingerprint density at radius 3 is 2.32 bits per heavy atom. The SMILES string of the molecule is C/C=C\C(=O)NCCCCCC(=O)NC(C(=O)N[C@@H](CCCNC(N)=O)C(=O)Nc1ccc(COC(=O)N(C)CCCc2cc3c(c(C(=O)Nc4nc5ccccc5s4)c2)CN(c2ccc(-c4cnn(CC56CC7(OCCNCCS(=O)(=O)O)CC8(C)CC(C)(C5)C8(C6)C7)c4C)c(C(=O)O)n2)CC3)cc1)C(C)C. The smallest absolute Gasteiger partial charge is 0.409 e. The zero-order valence-electron chi connectivity index (χ0n) is 62.6. The molecular weight excluding hydrogens is 1420 g/mol. The molecule has 11 rings (SSSR count). The van der Waals surface area contributed by atoms with Crippen molar-refractivity contribution in [1.29, 1.82) is 0 Å². The number of nitrogens with one attached hydrogen (secondary N) is 7. The summed E-state index contributed by atoms with van der Waals surface area (Å²) in [5, 5.41) is 36.2. The molecule has 4 saturated carbocycles. The number of allylic oxidation sites excluding steroid dienone is 1. The minimum atomic E-state index is -4.07. The quantitative estimate of drug-likeness (QED) is 0.00985. The van der Waals surface area contributed by atoms with E-state index >= 15 is 0 Å². The number of amides is 8. The summed E-state index contributed by atoms with van der Waals surface area (Å²) in [6.07, 6.45) is 14.4. The van der Waals surface area contributed by atoms with Crippen molar-refractivity contribution in [2.24, 2.45) is 33.3 Å². The second-order valence-electron chi connectivity index (χ2n) is 31.0. The van der Waals surface area contributed by atoms with Crippen molar-refractivity contribution in [3.8, 4) is 11.1 Å². The fourth-order valence-corrected chi connectivity index (χ4v) is 19.4. The van der Waals surface area contributed by atoms with Crippen LogP contribution in [0.15, 0.2) is 91.1 Å². The van der Waals surface area contributed by atoms with Gasteiger partial charge >= 0.3 is 18.1 Å². The molecule has 3 aromatic carbocycles. The molecule has 11 N–H and O–H groups in total. The van der Waals surface area contributed by atoms with Crippen molar-refractivity contribution in [2.75, 3.05) is 74.2 Å². The third-order valence-corrected chi connectivity index (χ3v) is 24.3. The molecule has 4 heterocycles. The first-order chi connectivity index (χ1) is 51.4. The first-order valence-corrected chi connectivity index (χ1v) is 39.8. The summed E-state index contributed by atoms with van der Waals surface area (Å²) >= 11 is 1.37. The molecule has 8 amide bonds. The monoisotopic (exact) mass is 1520 g/mol. The number of carbonyl (C=O) groups is 8. The fourth-order valence-electron chi connectivity index (χ4n) is 18.2. The Kier molecular flexibility index (Phi) is 24.8. The highest BCUT2D eigenvalue weighted by molar-refractivity contribution is 7.85. The van der Waals surface area contributed by atoms with Crippen LogP contribution in [0.4, 0.5) is 26.2 Å². The van der Waals surface area contributed by atoms with Crippen molar-refractivity contribution in [3.63, 3.8) is 0 Å². The van der Waals surface area contributed by atoms with Crippen LogP contribution in [0.1, 0.15) is 167 Å². The van der Waals surface area contributed by atoms with Gasteiger partial charge in [-0.25, -0.2) is 24.4 Å². The van der Waals surface area contributed by atoms with E-state index in [1.54, 1.807) is 64.4 Å². The Hall–Kier alpha value is -9.36. The van der Waals surface area contributed by atoms with Gasteiger partial charge in [-0.1, -0.05) is 81.9 Å². The van der Waals surface area contributed by atoms with Gasteiger partial charge in [-0.05, 0) is 196 Å². The lowest BCUT2D eigenvalue weighted by atomic mass is 9.40. The number of benzene rings is 3. The molecule has 7 atom stereocenters. The van der Waals surface area contributed by atoms with Gasteiger partial charge in [0.05, 0.1) is 34.4 Å². The second-order valence-corrected chi connectivity index (χ2v) is 33.7. The van der Waals surface area contributed by atoms with Crippen LogP contribution in [0.5, 0.6) is 0 Å². The van der Waals surface area contributed by atoms with Crippen LogP contribution in [0.3, 0.4) is 0 Å². The molecule has 0 saturated heterocycles. The molecule has 6 aromatic rings. The van der Waals surface area contributed by atoms with Gasteiger partial charge in [0.2, 0.25) is 23.6 Å². The molecule has 5 aliphatic rings. The average molecular weight is 1520 g/mol. The zero-order valence-corrected chi connectivity index (χ0v) is 64.3. The van der Waals surface area contributed by atoms with Gasteiger partial charge in [-0.15, -0.1) is 0 Å². The van der Waals surface area contributed by atoms with E-state index in [9.17, 15) is 56.4 Å². The molecule has 1 spiro atoms. The Bertz CT molecular complexity index is 4480. The van der Waals surface area contributed by atoms with Crippen molar-refractivity contribution < 1.29 is 65.9 Å². The number of aryl methyl sites for hydroxylation is 1. The van der Waals surface area contributed by atoms with E-state index in [-0.39, 0.29) is 101 Å². The first kappa shape index (κ1) is 79.7. The predicted molar refractivity (Wildman–Crippen MR) is 411 cm³/mol. The van der Waals surface area contributed by atoms with Crippen LogP contribution >= 0.6 is 11.3 Å². The molecule has 3 aromatic heterocycles. The van der Waals surface area contributed by atoms with Gasteiger partial charge in [0.1, 0.15) is 24.5 Å². The van der Waals surface area contributed by atoms with Crippen LogP contribution in [0.25, 0.3) is 21.3 Å². The summed E-state index contributed by atoms with van der Waals surface area (Å²) in [6.45, 7) is 15.4. The Balaban J connectivity index is 0.705. The minimum Gasteiger partial charge on any atom is -0.476 e. The standard InChI is InChI=1S/C78H102N14O14S2/c1-8-16-63(93)81-29-13-9-10-21-64(94)88-65(49(2)3)69(97)85-60(19-14-30-82-71(79)100)68(96)84-54-24-22-51(23-25-54)41-105-73(101)90(7)33-15-17-52-37-53-28-34-91(40-58(53)56(38-52)67(95)89-72-86-59-18-11-12-20-61(59)107-72)62-27-26-55(66(87-62)70(98)99)57-39-83-92(50(57)4)48-76-43-74(5)42-75(6)44-77(45-76,47-78(74,75)46-76)106-35-31-80-32-36-108(102,103)104/h8,11-12,16,18,20,22-27,37-39,49,60,65,80H,9-10,13-15,17,19,21,28-36,40-48H2,1-7H3,(H,81,93)(H,84,96)(H,85,97)(H,88,94)(H,98,99)(H3,79,82,100)(H,86,89,95)(H,102,103,104)/b16-8-/t60-,65?,74?,75?,76?,77?,78?/m0/s1. The van der Waals surface area contributed by atoms with E-state index < -0.39 is 52.1 Å². The number of carboxylic acids is 1. The van der Waals surface area contributed by atoms with Crippen molar-refractivity contribution in [3.05, 3.63) is 130 Å². The lowest BCUT2D eigenvalue weighted by Gasteiger charge is -2.64. The summed E-state index contributed by atoms with van der Waals surface area (Å²) < 4.78 is 47.4. The first-order valence-electron chi connectivity index (χ1n) is 37.4. The van der Waals surface area contributed by atoms with Gasteiger partial charge in [0, 0.05) is 93.9 Å². The molecule has 4 fully saturated rings.